The quantitative estimate of drug-likeness (QED) is 0.528. The summed E-state index contributed by atoms with van der Waals surface area (Å²) in [7, 11) is 0. The molecule has 0 spiro atoms. The van der Waals surface area contributed by atoms with Crippen LogP contribution < -0.4 is 5.32 Å². The molecule has 1 N–H and O–H groups in total. The van der Waals surface area contributed by atoms with Gasteiger partial charge in [0.15, 0.2) is 0 Å². The van der Waals surface area contributed by atoms with E-state index in [2.05, 4.69) is 4.74 Å². The molecule has 0 radical (unpaired) electrons. The standard InChI is InChI=1S/C13H18F7NO3/c1-4-5-24-9(22)8(6-7(2)3)21-10(23)11(14,15)12(16,17)13(18,19)20/h7-8H,4-6H2,1-3H3,(H,21,23). The van der Waals surface area contributed by atoms with Gasteiger partial charge in [-0.15, -0.1) is 0 Å². The van der Waals surface area contributed by atoms with Gasteiger partial charge in [0.05, 0.1) is 6.61 Å². The van der Waals surface area contributed by atoms with Gasteiger partial charge in [0.2, 0.25) is 0 Å². The molecule has 1 amide bonds. The van der Waals surface area contributed by atoms with E-state index in [4.69, 9.17) is 0 Å². The molecular weight excluding hydrogens is 351 g/mol. The number of hydrogen-bond acceptors (Lipinski definition) is 3. The van der Waals surface area contributed by atoms with Crippen LogP contribution in [0, 0.1) is 5.92 Å². The van der Waals surface area contributed by atoms with Crippen LogP contribution in [0.1, 0.15) is 33.6 Å². The van der Waals surface area contributed by atoms with Crippen LogP contribution >= 0.6 is 0 Å². The average molecular weight is 369 g/mol. The molecule has 142 valence electrons. The molecule has 11 heteroatoms. The molecule has 0 fully saturated rings. The minimum absolute atomic E-state index is 0.127. The summed E-state index contributed by atoms with van der Waals surface area (Å²) in [5.74, 6) is -17.1. The molecular formula is C13H18F7NO3. The van der Waals surface area contributed by atoms with Crippen molar-refractivity contribution in [2.75, 3.05) is 6.61 Å². The van der Waals surface area contributed by atoms with Crippen LogP contribution in [0.5, 0.6) is 0 Å². The molecule has 0 saturated carbocycles. The van der Waals surface area contributed by atoms with Gasteiger partial charge in [0.1, 0.15) is 6.04 Å². The monoisotopic (exact) mass is 369 g/mol. The van der Waals surface area contributed by atoms with Crippen molar-refractivity contribution in [3.05, 3.63) is 0 Å². The molecule has 0 saturated heterocycles. The number of alkyl halides is 7. The van der Waals surface area contributed by atoms with Gasteiger partial charge in [-0.2, -0.15) is 30.7 Å². The Balaban J connectivity index is 5.33. The van der Waals surface area contributed by atoms with E-state index in [9.17, 15) is 40.3 Å². The lowest BCUT2D eigenvalue weighted by molar-refractivity contribution is -0.344. The lowest BCUT2D eigenvalue weighted by atomic mass is 10.0. The minimum Gasteiger partial charge on any atom is -0.464 e. The Morgan fingerprint density at radius 1 is 1.04 bits per heavy atom. The molecule has 24 heavy (non-hydrogen) atoms. The summed E-state index contributed by atoms with van der Waals surface area (Å²) in [4.78, 5) is 22.9. The van der Waals surface area contributed by atoms with Crippen molar-refractivity contribution in [3.8, 4) is 0 Å². The second-order valence-corrected chi connectivity index (χ2v) is 5.47. The summed E-state index contributed by atoms with van der Waals surface area (Å²) in [6.07, 6.45) is -6.55. The van der Waals surface area contributed by atoms with E-state index in [1.807, 2.05) is 0 Å². The van der Waals surface area contributed by atoms with Gasteiger partial charge in [-0.25, -0.2) is 4.79 Å². The van der Waals surface area contributed by atoms with E-state index >= 15 is 0 Å². The Morgan fingerprint density at radius 2 is 1.54 bits per heavy atom. The van der Waals surface area contributed by atoms with Crippen molar-refractivity contribution in [3.63, 3.8) is 0 Å². The molecule has 0 aliphatic heterocycles. The molecule has 1 unspecified atom stereocenters. The molecule has 4 nitrogen and oxygen atoms in total. The third kappa shape index (κ3) is 5.23. The van der Waals surface area contributed by atoms with Gasteiger partial charge in [0.25, 0.3) is 5.91 Å². The van der Waals surface area contributed by atoms with Crippen molar-refractivity contribution in [1.29, 1.82) is 0 Å². The van der Waals surface area contributed by atoms with Crippen LogP contribution in [0.3, 0.4) is 0 Å². The number of carbonyl (C=O) groups excluding carboxylic acids is 2. The highest BCUT2D eigenvalue weighted by molar-refractivity contribution is 5.89. The van der Waals surface area contributed by atoms with E-state index in [-0.39, 0.29) is 18.9 Å². The minimum atomic E-state index is -6.63. The van der Waals surface area contributed by atoms with E-state index < -0.39 is 35.9 Å². The fourth-order valence-corrected chi connectivity index (χ4v) is 1.56. The normalized spacial score (nSPS) is 14.5. The fourth-order valence-electron chi connectivity index (χ4n) is 1.56. The molecule has 0 aliphatic rings. The summed E-state index contributed by atoms with van der Waals surface area (Å²) >= 11 is 0. The Kier molecular flexibility index (Phi) is 7.50. The number of halogens is 7. The lowest BCUT2D eigenvalue weighted by Gasteiger charge is -2.28. The predicted octanol–water partition coefficient (Wildman–Crippen LogP) is 3.30. The zero-order valence-electron chi connectivity index (χ0n) is 13.1. The first kappa shape index (κ1) is 22.4. The number of nitrogens with one attached hydrogen (secondary N) is 1. The third-order valence-electron chi connectivity index (χ3n) is 2.78. The number of carbonyl (C=O) groups is 2. The molecule has 0 heterocycles. The Labute approximate surface area is 133 Å². The van der Waals surface area contributed by atoms with Gasteiger partial charge < -0.3 is 10.1 Å². The molecule has 0 bridgehead atoms. The van der Waals surface area contributed by atoms with E-state index in [0.717, 1.165) is 0 Å². The smallest absolute Gasteiger partial charge is 0.460 e. The van der Waals surface area contributed by atoms with E-state index in [0.29, 0.717) is 6.42 Å². The summed E-state index contributed by atoms with van der Waals surface area (Å²) in [5.41, 5.74) is 0. The summed E-state index contributed by atoms with van der Waals surface area (Å²) in [6.45, 7) is 4.53. The highest BCUT2D eigenvalue weighted by atomic mass is 19.4. The van der Waals surface area contributed by atoms with Crippen LogP contribution in [-0.4, -0.2) is 42.5 Å². The van der Waals surface area contributed by atoms with E-state index in [1.54, 1.807) is 6.92 Å². The number of hydrogen-bond donors (Lipinski definition) is 1. The maximum absolute atomic E-state index is 13.3. The number of amides is 1. The summed E-state index contributed by atoms with van der Waals surface area (Å²) in [6, 6.07) is -1.76. The topological polar surface area (TPSA) is 55.4 Å². The third-order valence-corrected chi connectivity index (χ3v) is 2.78. The maximum atomic E-state index is 13.3. The molecule has 0 aromatic rings. The van der Waals surface area contributed by atoms with Gasteiger partial charge >= 0.3 is 24.0 Å². The van der Waals surface area contributed by atoms with Crippen molar-refractivity contribution < 1.29 is 45.1 Å². The second-order valence-electron chi connectivity index (χ2n) is 5.47. The van der Waals surface area contributed by atoms with Crippen LogP contribution in [0.25, 0.3) is 0 Å². The molecule has 0 aliphatic carbocycles. The van der Waals surface area contributed by atoms with Crippen LogP contribution in [0.2, 0.25) is 0 Å². The molecule has 1 atom stereocenters. The molecule has 0 aromatic heterocycles. The summed E-state index contributed by atoms with van der Waals surface area (Å²) < 4.78 is 93.0. The average Bonchev–Trinajstić information content (AvgIpc) is 2.41. The number of ether oxygens (including phenoxy) is 1. The largest absolute Gasteiger partial charge is 0.464 e. The molecule has 0 aromatic carbocycles. The summed E-state index contributed by atoms with van der Waals surface area (Å²) in [5, 5.41) is 1.23. The Hall–Kier alpha value is -1.55. The first-order valence-electron chi connectivity index (χ1n) is 6.98. The van der Waals surface area contributed by atoms with Gasteiger partial charge in [-0.1, -0.05) is 20.8 Å². The predicted molar refractivity (Wildman–Crippen MR) is 68.6 cm³/mol. The maximum Gasteiger partial charge on any atom is 0.460 e. The number of esters is 1. The van der Waals surface area contributed by atoms with Gasteiger partial charge in [-0.3, -0.25) is 4.79 Å². The van der Waals surface area contributed by atoms with Gasteiger partial charge in [-0.05, 0) is 18.8 Å². The SMILES string of the molecule is CCCOC(=O)C(CC(C)C)NC(=O)C(F)(F)C(F)(F)C(F)(F)F. The zero-order valence-corrected chi connectivity index (χ0v) is 13.1. The van der Waals surface area contributed by atoms with Crippen molar-refractivity contribution >= 4 is 11.9 Å². The van der Waals surface area contributed by atoms with Crippen molar-refractivity contribution in [2.24, 2.45) is 5.92 Å². The zero-order chi connectivity index (χ0) is 19.3. The Bertz CT molecular complexity index is 449. The first-order chi connectivity index (χ1) is 10.7. The fraction of sp³-hybridized carbons (Fsp3) is 0.846. The van der Waals surface area contributed by atoms with Crippen molar-refractivity contribution in [2.45, 2.75) is 57.7 Å². The number of rotatable bonds is 8. The lowest BCUT2D eigenvalue weighted by Crippen LogP contribution is -2.61. The van der Waals surface area contributed by atoms with Crippen LogP contribution in [-0.2, 0) is 14.3 Å². The molecule has 0 rings (SSSR count). The Morgan fingerprint density at radius 3 is 1.92 bits per heavy atom. The first-order valence-corrected chi connectivity index (χ1v) is 6.98. The second kappa shape index (κ2) is 8.02. The van der Waals surface area contributed by atoms with Gasteiger partial charge in [0, 0.05) is 0 Å². The van der Waals surface area contributed by atoms with Crippen LogP contribution in [0.4, 0.5) is 30.7 Å². The highest BCUT2D eigenvalue weighted by Crippen LogP contribution is 2.46. The van der Waals surface area contributed by atoms with Crippen molar-refractivity contribution in [1.82, 2.24) is 5.32 Å². The van der Waals surface area contributed by atoms with E-state index in [1.165, 1.54) is 19.2 Å². The highest BCUT2D eigenvalue weighted by Gasteiger charge is 2.76. The van der Waals surface area contributed by atoms with Crippen LogP contribution in [0.15, 0.2) is 0 Å².